The molecule has 0 bridgehead atoms. The molecule has 1 aliphatic rings. The van der Waals surface area contributed by atoms with E-state index in [2.05, 4.69) is 5.32 Å². The largest absolute Gasteiger partial charge is 0.460 e. The van der Waals surface area contributed by atoms with Gasteiger partial charge in [-0.15, -0.1) is 0 Å². The van der Waals surface area contributed by atoms with Gasteiger partial charge in [0.05, 0.1) is 23.1 Å². The van der Waals surface area contributed by atoms with Crippen molar-refractivity contribution in [1.29, 1.82) is 0 Å². The van der Waals surface area contributed by atoms with E-state index < -0.39 is 6.17 Å². The van der Waals surface area contributed by atoms with Gasteiger partial charge in [-0.3, -0.25) is 9.36 Å². The number of aliphatic imine (C=N–C) groups is 1. The first-order chi connectivity index (χ1) is 16.6. The first kappa shape index (κ1) is 20.2. The number of anilines is 1. The van der Waals surface area contributed by atoms with E-state index in [0.717, 1.165) is 28.0 Å². The number of Topliss-reactive ketones (excluding diaryl/α,β-unsaturated/α-hetero) is 1. The standard InChI is InChI=1S/C26H22N6O2/c1-16(33)14-23-28-25(32-21-11-7-6-10-20(21)27-26(32)29-23)19-15-31(18-8-4-3-5-9-18)30-24(19)22-13-12-17(2)34-22/h3-13,15,25H,14H2,1-2H3,(H,27,28,29). The van der Waals surface area contributed by atoms with Gasteiger partial charge in [-0.2, -0.15) is 5.10 Å². The molecule has 8 nitrogen and oxygen atoms in total. The molecule has 4 heterocycles. The van der Waals surface area contributed by atoms with Crippen molar-refractivity contribution < 1.29 is 9.21 Å². The molecule has 1 unspecified atom stereocenters. The summed E-state index contributed by atoms with van der Waals surface area (Å²) >= 11 is 0. The fraction of sp³-hybridized carbons (Fsp3) is 0.154. The van der Waals surface area contributed by atoms with Crippen LogP contribution >= 0.6 is 0 Å². The maximum Gasteiger partial charge on any atom is 0.211 e. The topological polar surface area (TPSA) is 90.2 Å². The maximum absolute atomic E-state index is 11.9. The van der Waals surface area contributed by atoms with Gasteiger partial charge in [0.2, 0.25) is 5.95 Å². The monoisotopic (exact) mass is 450 g/mol. The third-order valence-electron chi connectivity index (χ3n) is 5.81. The van der Waals surface area contributed by atoms with Crippen LogP contribution in [-0.4, -0.2) is 31.0 Å². The zero-order valence-electron chi connectivity index (χ0n) is 18.8. The molecule has 5 aromatic rings. The van der Waals surface area contributed by atoms with Crippen molar-refractivity contribution in [3.05, 3.63) is 84.3 Å². The van der Waals surface area contributed by atoms with E-state index in [9.17, 15) is 4.79 Å². The van der Waals surface area contributed by atoms with Crippen LogP contribution < -0.4 is 5.32 Å². The molecule has 3 aromatic heterocycles. The number of imidazole rings is 1. The Morgan fingerprint density at radius 3 is 2.62 bits per heavy atom. The van der Waals surface area contributed by atoms with E-state index in [-0.39, 0.29) is 12.2 Å². The lowest BCUT2D eigenvalue weighted by Crippen LogP contribution is -2.27. The number of furan rings is 1. The van der Waals surface area contributed by atoms with Crippen LogP contribution in [0, 0.1) is 6.92 Å². The van der Waals surface area contributed by atoms with Crippen LogP contribution in [0.4, 0.5) is 5.95 Å². The van der Waals surface area contributed by atoms with Gasteiger partial charge >= 0.3 is 0 Å². The zero-order valence-corrected chi connectivity index (χ0v) is 18.8. The van der Waals surface area contributed by atoms with Crippen LogP contribution in [0.3, 0.4) is 0 Å². The number of nitrogens with one attached hydrogen (secondary N) is 1. The van der Waals surface area contributed by atoms with Crippen LogP contribution in [0.1, 0.15) is 30.8 Å². The summed E-state index contributed by atoms with van der Waals surface area (Å²) in [6, 6.07) is 21.7. The summed E-state index contributed by atoms with van der Waals surface area (Å²) in [4.78, 5) is 21.7. The average Bonchev–Trinajstić information content (AvgIpc) is 3.55. The lowest BCUT2D eigenvalue weighted by Gasteiger charge is -2.24. The van der Waals surface area contributed by atoms with Crippen molar-refractivity contribution in [2.45, 2.75) is 26.4 Å². The molecule has 0 saturated carbocycles. The molecule has 1 aliphatic heterocycles. The van der Waals surface area contributed by atoms with Crippen molar-refractivity contribution in [3.8, 4) is 17.1 Å². The molecule has 0 fully saturated rings. The number of aryl methyl sites for hydroxylation is 1. The predicted octanol–water partition coefficient (Wildman–Crippen LogP) is 5.14. The van der Waals surface area contributed by atoms with Gasteiger partial charge < -0.3 is 9.73 Å². The lowest BCUT2D eigenvalue weighted by atomic mass is 10.1. The highest BCUT2D eigenvalue weighted by atomic mass is 16.3. The molecule has 168 valence electrons. The number of hydrogen-bond acceptors (Lipinski definition) is 6. The first-order valence-corrected chi connectivity index (χ1v) is 11.1. The van der Waals surface area contributed by atoms with Crippen LogP contribution in [0.5, 0.6) is 0 Å². The van der Waals surface area contributed by atoms with Crippen molar-refractivity contribution in [2.75, 3.05) is 5.32 Å². The molecule has 0 saturated heterocycles. The quantitative estimate of drug-likeness (QED) is 0.400. The fourth-order valence-electron chi connectivity index (χ4n) is 4.32. The highest BCUT2D eigenvalue weighted by Crippen LogP contribution is 2.38. The number of aromatic nitrogens is 4. The Bertz CT molecular complexity index is 1560. The van der Waals surface area contributed by atoms with Gasteiger partial charge in [0.15, 0.2) is 11.9 Å². The maximum atomic E-state index is 11.9. The molecule has 1 N–H and O–H groups in total. The molecular weight excluding hydrogens is 428 g/mol. The van der Waals surface area contributed by atoms with Crippen LogP contribution in [0.2, 0.25) is 0 Å². The minimum absolute atomic E-state index is 0.0245. The lowest BCUT2D eigenvalue weighted by molar-refractivity contribution is -0.115. The van der Waals surface area contributed by atoms with E-state index in [1.807, 2.05) is 89.1 Å². The summed E-state index contributed by atoms with van der Waals surface area (Å²) in [5, 5.41) is 8.14. The highest BCUT2D eigenvalue weighted by molar-refractivity contribution is 6.07. The number of amidine groups is 1. The molecule has 0 aliphatic carbocycles. The van der Waals surface area contributed by atoms with Crippen molar-refractivity contribution in [3.63, 3.8) is 0 Å². The SMILES string of the molecule is CC(=O)CC1=NC(c2cn(-c3ccccc3)nc2-c2ccc(C)o2)n2c(nc3ccccc32)N1. The number of rotatable bonds is 5. The molecule has 0 amide bonds. The van der Waals surface area contributed by atoms with Crippen molar-refractivity contribution in [1.82, 2.24) is 19.3 Å². The van der Waals surface area contributed by atoms with E-state index in [4.69, 9.17) is 19.5 Å². The molecular formula is C26H22N6O2. The molecule has 1 atom stereocenters. The molecule has 6 rings (SSSR count). The van der Waals surface area contributed by atoms with Crippen molar-refractivity contribution >= 4 is 28.6 Å². The molecule has 34 heavy (non-hydrogen) atoms. The number of benzene rings is 2. The Kier molecular flexibility index (Phi) is 4.65. The van der Waals surface area contributed by atoms with Crippen LogP contribution in [0.15, 0.2) is 82.3 Å². The predicted molar refractivity (Wildman–Crippen MR) is 130 cm³/mol. The molecule has 2 aromatic carbocycles. The number of nitrogens with zero attached hydrogens (tertiary/aromatic N) is 5. The minimum atomic E-state index is -0.476. The van der Waals surface area contributed by atoms with Crippen LogP contribution in [-0.2, 0) is 4.79 Å². The van der Waals surface area contributed by atoms with Gasteiger partial charge in [0.1, 0.15) is 23.1 Å². The van der Waals surface area contributed by atoms with Crippen molar-refractivity contribution in [2.24, 2.45) is 4.99 Å². The van der Waals surface area contributed by atoms with Gasteiger partial charge in [-0.05, 0) is 50.2 Å². The molecule has 0 spiro atoms. The average molecular weight is 451 g/mol. The number of fused-ring (bicyclic) bond motifs is 3. The molecule has 8 heteroatoms. The molecule has 0 radical (unpaired) electrons. The summed E-state index contributed by atoms with van der Waals surface area (Å²) in [6.07, 6.45) is 1.70. The zero-order chi connectivity index (χ0) is 23.2. The Hall–Kier alpha value is -4.46. The third-order valence-corrected chi connectivity index (χ3v) is 5.81. The second-order valence-electron chi connectivity index (χ2n) is 8.37. The summed E-state index contributed by atoms with van der Waals surface area (Å²) in [7, 11) is 0. The number of para-hydroxylation sites is 3. The summed E-state index contributed by atoms with van der Waals surface area (Å²) < 4.78 is 9.86. The minimum Gasteiger partial charge on any atom is -0.460 e. The first-order valence-electron chi connectivity index (χ1n) is 11.1. The fourth-order valence-corrected chi connectivity index (χ4v) is 4.32. The van der Waals surface area contributed by atoms with E-state index in [0.29, 0.717) is 23.2 Å². The van der Waals surface area contributed by atoms with Gasteiger partial charge in [0, 0.05) is 11.8 Å². The summed E-state index contributed by atoms with van der Waals surface area (Å²) in [6.45, 7) is 3.47. The summed E-state index contributed by atoms with van der Waals surface area (Å²) in [5.41, 5.74) is 4.26. The number of hydrogen-bond donors (Lipinski definition) is 1. The second kappa shape index (κ2) is 7.84. The second-order valence-corrected chi connectivity index (χ2v) is 8.37. The Morgan fingerprint density at radius 1 is 1.06 bits per heavy atom. The third kappa shape index (κ3) is 3.40. The number of carbonyl (C=O) groups is 1. The van der Waals surface area contributed by atoms with Gasteiger partial charge in [0.25, 0.3) is 0 Å². The smallest absolute Gasteiger partial charge is 0.211 e. The van der Waals surface area contributed by atoms with E-state index in [1.54, 1.807) is 6.92 Å². The van der Waals surface area contributed by atoms with Gasteiger partial charge in [-0.1, -0.05) is 30.3 Å². The highest BCUT2D eigenvalue weighted by Gasteiger charge is 2.31. The van der Waals surface area contributed by atoms with E-state index >= 15 is 0 Å². The normalized spacial score (nSPS) is 15.1. The van der Waals surface area contributed by atoms with Gasteiger partial charge in [-0.25, -0.2) is 14.7 Å². The Balaban J connectivity index is 1.60. The van der Waals surface area contributed by atoms with E-state index in [1.165, 1.54) is 0 Å². The van der Waals surface area contributed by atoms with Crippen LogP contribution in [0.25, 0.3) is 28.2 Å². The number of carbonyl (C=O) groups excluding carboxylic acids is 1. The Morgan fingerprint density at radius 2 is 1.85 bits per heavy atom. The summed E-state index contributed by atoms with van der Waals surface area (Å²) in [5.74, 6) is 2.71. The Labute approximate surface area is 195 Å². The number of ketones is 1.